The second-order valence-electron chi connectivity index (χ2n) is 15.0. The van der Waals surface area contributed by atoms with Crippen LogP contribution in [0.3, 0.4) is 0 Å². The number of amides is 1. The molecule has 0 aromatic carbocycles. The second kappa shape index (κ2) is 32.8. The lowest BCUT2D eigenvalue weighted by Gasteiger charge is -2.43. The molecule has 0 fully saturated rings. The van der Waals surface area contributed by atoms with Crippen LogP contribution in [0.15, 0.2) is 4.99 Å². The smallest absolute Gasteiger partial charge is 0.222 e. The Bertz CT molecular complexity index is 687. The van der Waals surface area contributed by atoms with Crippen molar-refractivity contribution in [3.8, 4) is 0 Å². The van der Waals surface area contributed by atoms with Crippen molar-refractivity contribution < 1.29 is 4.79 Å². The first-order valence-corrected chi connectivity index (χ1v) is 20.6. The number of carbonyl (C=O) groups excluding carboxylic acids is 1. The Morgan fingerprint density at radius 2 is 0.935 bits per heavy atom. The van der Waals surface area contributed by atoms with Crippen LogP contribution in [0.5, 0.6) is 0 Å². The highest BCUT2D eigenvalue weighted by atomic mass is 35.5. The Morgan fingerprint density at radius 1 is 0.609 bits per heavy atom. The first-order chi connectivity index (χ1) is 22.1. The van der Waals surface area contributed by atoms with Gasteiger partial charge in [0.2, 0.25) is 5.91 Å². The fraction of sp³-hybridized carbons (Fsp3) is 0.951. The molecule has 2 atom stereocenters. The number of carbonyl (C=O) groups is 1. The van der Waals surface area contributed by atoms with Crippen LogP contribution in [-0.2, 0) is 4.79 Å². The van der Waals surface area contributed by atoms with Gasteiger partial charge in [0.25, 0.3) is 0 Å². The van der Waals surface area contributed by atoms with Gasteiger partial charge in [-0.3, -0.25) is 9.79 Å². The quantitative estimate of drug-likeness (QED) is 0.0684. The van der Waals surface area contributed by atoms with Gasteiger partial charge in [-0.25, -0.2) is 0 Å². The molecule has 1 aliphatic heterocycles. The minimum Gasteiger partial charge on any atom is -0.369 e. The lowest BCUT2D eigenvalue weighted by Crippen LogP contribution is -2.54. The number of nitrogens with two attached hydrogens (primary N) is 1. The van der Waals surface area contributed by atoms with Gasteiger partial charge in [-0.15, -0.1) is 12.4 Å². The van der Waals surface area contributed by atoms with E-state index in [1.54, 1.807) is 0 Å². The van der Waals surface area contributed by atoms with Crippen LogP contribution >= 0.6 is 12.4 Å². The van der Waals surface area contributed by atoms with Gasteiger partial charge in [-0.1, -0.05) is 206 Å². The predicted molar refractivity (Wildman–Crippen MR) is 207 cm³/mol. The number of hydrogen-bond acceptors (Lipinski definition) is 3. The van der Waals surface area contributed by atoms with Crippen LogP contribution < -0.4 is 5.73 Å². The highest BCUT2D eigenvalue weighted by Gasteiger charge is 2.41. The van der Waals surface area contributed by atoms with Crippen LogP contribution in [0.2, 0.25) is 0 Å². The van der Waals surface area contributed by atoms with Crippen LogP contribution in [0.1, 0.15) is 226 Å². The molecule has 1 aliphatic rings. The molecule has 0 aromatic heterocycles. The van der Waals surface area contributed by atoms with Crippen molar-refractivity contribution in [2.24, 2.45) is 16.6 Å². The van der Waals surface area contributed by atoms with Gasteiger partial charge < -0.3 is 10.6 Å². The van der Waals surface area contributed by atoms with E-state index < -0.39 is 0 Å². The summed E-state index contributed by atoms with van der Waals surface area (Å²) in [6, 6.07) is 0. The molecule has 2 unspecified atom stereocenters. The maximum absolute atomic E-state index is 12.8. The zero-order valence-electron chi connectivity index (χ0n) is 31.5. The van der Waals surface area contributed by atoms with E-state index in [0.717, 1.165) is 32.4 Å². The molecule has 1 amide bonds. The molecule has 2 N–H and O–H groups in total. The van der Waals surface area contributed by atoms with Crippen molar-refractivity contribution in [3.63, 3.8) is 0 Å². The summed E-state index contributed by atoms with van der Waals surface area (Å²) in [4.78, 5) is 19.7. The monoisotopic (exact) mass is 668 g/mol. The van der Waals surface area contributed by atoms with Gasteiger partial charge in [0.05, 0.1) is 18.8 Å². The molecular formula is C41H82ClN3O. The van der Waals surface area contributed by atoms with E-state index in [2.05, 4.69) is 30.7 Å². The highest BCUT2D eigenvalue weighted by molar-refractivity contribution is 5.85. The summed E-state index contributed by atoms with van der Waals surface area (Å²) in [5.41, 5.74) is 5.90. The predicted octanol–water partition coefficient (Wildman–Crippen LogP) is 13.1. The van der Waals surface area contributed by atoms with Gasteiger partial charge >= 0.3 is 0 Å². The number of unbranched alkanes of at least 4 members (excludes halogenated alkanes) is 28. The van der Waals surface area contributed by atoms with Crippen LogP contribution in [0.4, 0.5) is 0 Å². The molecule has 0 radical (unpaired) electrons. The molecule has 4 nitrogen and oxygen atoms in total. The Labute approximate surface area is 295 Å². The van der Waals surface area contributed by atoms with Crippen molar-refractivity contribution in [3.05, 3.63) is 0 Å². The third-order valence-corrected chi connectivity index (χ3v) is 10.8. The third kappa shape index (κ3) is 23.5. The van der Waals surface area contributed by atoms with Crippen molar-refractivity contribution in [1.82, 2.24) is 4.90 Å². The standard InChI is InChI=1S/C41H81N3O.ClH/c1-4-6-8-10-12-14-16-18-20-21-23-25-27-29-31-33-35-41(3,44-37-36-43-38-44)39(40(42)45)34-32-30-28-26-24-22-19-17-15-13-11-9-7-5-2;/h38-39H,4-37H2,1-3H3,(H2,42,45);1H. The number of aliphatic imine (C=N–C) groups is 1. The summed E-state index contributed by atoms with van der Waals surface area (Å²) < 4.78 is 0. The molecule has 0 saturated carbocycles. The maximum Gasteiger partial charge on any atom is 0.222 e. The minimum atomic E-state index is -0.196. The fourth-order valence-electron chi connectivity index (χ4n) is 7.62. The lowest BCUT2D eigenvalue weighted by molar-refractivity contribution is -0.126. The van der Waals surface area contributed by atoms with Crippen molar-refractivity contribution >= 4 is 24.7 Å². The number of rotatable bonds is 35. The molecule has 0 aliphatic carbocycles. The van der Waals surface area contributed by atoms with E-state index in [-0.39, 0.29) is 29.8 Å². The number of hydrogen-bond donors (Lipinski definition) is 1. The van der Waals surface area contributed by atoms with E-state index >= 15 is 0 Å². The van der Waals surface area contributed by atoms with E-state index in [4.69, 9.17) is 5.73 Å². The highest BCUT2D eigenvalue weighted by Crippen LogP contribution is 2.35. The van der Waals surface area contributed by atoms with Gasteiger partial charge in [0.1, 0.15) is 0 Å². The van der Waals surface area contributed by atoms with E-state index in [9.17, 15) is 4.79 Å². The summed E-state index contributed by atoms with van der Waals surface area (Å²) in [6.07, 6.45) is 45.2. The van der Waals surface area contributed by atoms with E-state index in [1.807, 2.05) is 6.34 Å². The summed E-state index contributed by atoms with van der Waals surface area (Å²) in [5, 5.41) is 0. The molecule has 0 aromatic rings. The maximum atomic E-state index is 12.8. The summed E-state index contributed by atoms with van der Waals surface area (Å²) in [7, 11) is 0. The number of primary amides is 1. The van der Waals surface area contributed by atoms with Crippen LogP contribution in [-0.4, -0.2) is 35.8 Å². The Balaban J connectivity index is 0.0000202. The van der Waals surface area contributed by atoms with Gasteiger partial charge in [-0.2, -0.15) is 0 Å². The number of halogens is 1. The topological polar surface area (TPSA) is 58.7 Å². The Morgan fingerprint density at radius 3 is 1.24 bits per heavy atom. The molecule has 1 heterocycles. The molecule has 0 bridgehead atoms. The first-order valence-electron chi connectivity index (χ1n) is 20.6. The molecule has 1 rings (SSSR count). The molecule has 274 valence electrons. The Kier molecular flexibility index (Phi) is 32.2. The lowest BCUT2D eigenvalue weighted by atomic mass is 9.76. The summed E-state index contributed by atoms with van der Waals surface area (Å²) in [6.45, 7) is 8.66. The zero-order valence-corrected chi connectivity index (χ0v) is 32.3. The van der Waals surface area contributed by atoms with E-state index in [0.29, 0.717) is 0 Å². The summed E-state index contributed by atoms with van der Waals surface area (Å²) in [5.74, 6) is -0.195. The third-order valence-electron chi connectivity index (χ3n) is 10.8. The zero-order chi connectivity index (χ0) is 32.7. The molecular weight excluding hydrogens is 586 g/mol. The minimum absolute atomic E-state index is 0. The molecule has 0 saturated heterocycles. The SMILES string of the molecule is CCCCCCCCCCCCCCCCCCC(C)(C(CCCCCCCCCCCCCCCC)C(N)=O)N1C=NCC1.Cl. The largest absolute Gasteiger partial charge is 0.369 e. The normalized spacial score (nSPS) is 14.8. The van der Waals surface area contributed by atoms with Crippen molar-refractivity contribution in [2.45, 2.75) is 232 Å². The van der Waals surface area contributed by atoms with Gasteiger partial charge in [-0.05, 0) is 19.8 Å². The van der Waals surface area contributed by atoms with Gasteiger partial charge in [0.15, 0.2) is 0 Å². The molecule has 5 heteroatoms. The van der Waals surface area contributed by atoms with Crippen LogP contribution in [0.25, 0.3) is 0 Å². The average Bonchev–Trinajstić information content (AvgIpc) is 3.59. The molecule has 46 heavy (non-hydrogen) atoms. The summed E-state index contributed by atoms with van der Waals surface area (Å²) >= 11 is 0. The Hall–Kier alpha value is -0.770. The van der Waals surface area contributed by atoms with Gasteiger partial charge in [0, 0.05) is 12.1 Å². The second-order valence-corrected chi connectivity index (χ2v) is 15.0. The van der Waals surface area contributed by atoms with E-state index in [1.165, 1.54) is 186 Å². The first kappa shape index (κ1) is 45.2. The van der Waals surface area contributed by atoms with Crippen LogP contribution in [0, 0.1) is 5.92 Å². The number of nitrogens with zero attached hydrogens (tertiary/aromatic N) is 2. The van der Waals surface area contributed by atoms with Crippen molar-refractivity contribution in [1.29, 1.82) is 0 Å². The van der Waals surface area contributed by atoms with Crippen molar-refractivity contribution in [2.75, 3.05) is 13.1 Å². The fourth-order valence-corrected chi connectivity index (χ4v) is 7.62. The molecule has 0 spiro atoms. The average molecular weight is 669 g/mol.